The number of rotatable bonds is 4. The van der Waals surface area contributed by atoms with Crippen molar-refractivity contribution in [2.45, 2.75) is 6.42 Å². The van der Waals surface area contributed by atoms with Gasteiger partial charge in [0, 0.05) is 12.2 Å². The molecule has 0 N–H and O–H groups in total. The molecule has 0 amide bonds. The minimum Gasteiger partial charge on any atom is -0.423 e. The number of oxazole rings is 1. The lowest BCUT2D eigenvalue weighted by Gasteiger charge is -2.19. The number of hydrogen-bond acceptors (Lipinski definition) is 4. The van der Waals surface area contributed by atoms with Crippen molar-refractivity contribution < 1.29 is 4.42 Å². The minimum atomic E-state index is 0.410. The molecule has 0 fully saturated rings. The predicted octanol–water partition coefficient (Wildman–Crippen LogP) is 3.88. The van der Waals surface area contributed by atoms with Crippen molar-refractivity contribution in [3.63, 3.8) is 0 Å². The molecule has 0 atom stereocenters. The summed E-state index contributed by atoms with van der Waals surface area (Å²) in [5, 5.41) is 8.82. The average Bonchev–Trinajstić information content (AvgIpc) is 2.92. The molecular weight excluding hydrogens is 250 g/mol. The summed E-state index contributed by atoms with van der Waals surface area (Å²) in [4.78, 5) is 6.41. The molecule has 4 heteroatoms. The van der Waals surface area contributed by atoms with Crippen LogP contribution in [0.5, 0.6) is 0 Å². The molecule has 0 aliphatic carbocycles. The lowest BCUT2D eigenvalue weighted by Crippen LogP contribution is -2.18. The van der Waals surface area contributed by atoms with E-state index in [1.54, 1.807) is 0 Å². The van der Waals surface area contributed by atoms with Gasteiger partial charge in [-0.1, -0.05) is 30.3 Å². The second-order valence-electron chi connectivity index (χ2n) is 4.36. The zero-order valence-electron chi connectivity index (χ0n) is 10.9. The molecule has 0 aliphatic heterocycles. The van der Waals surface area contributed by atoms with E-state index in [0.29, 0.717) is 19.0 Å². The maximum Gasteiger partial charge on any atom is 0.303 e. The summed E-state index contributed by atoms with van der Waals surface area (Å²) in [5.74, 6) is 0. The molecule has 0 unspecified atom stereocenters. The van der Waals surface area contributed by atoms with Gasteiger partial charge in [-0.15, -0.1) is 0 Å². The van der Waals surface area contributed by atoms with Crippen LogP contribution in [0.1, 0.15) is 6.42 Å². The molecule has 1 heterocycles. The Kier molecular flexibility index (Phi) is 3.34. The van der Waals surface area contributed by atoms with Crippen molar-refractivity contribution in [1.82, 2.24) is 4.98 Å². The van der Waals surface area contributed by atoms with Crippen LogP contribution in [-0.2, 0) is 0 Å². The van der Waals surface area contributed by atoms with Gasteiger partial charge in [0.05, 0.1) is 12.5 Å². The number of nitriles is 1. The van der Waals surface area contributed by atoms with Crippen LogP contribution in [0.15, 0.2) is 59.0 Å². The summed E-state index contributed by atoms with van der Waals surface area (Å²) in [7, 11) is 0. The van der Waals surface area contributed by atoms with Crippen LogP contribution < -0.4 is 4.90 Å². The van der Waals surface area contributed by atoms with Gasteiger partial charge in [-0.05, 0) is 24.3 Å². The van der Waals surface area contributed by atoms with E-state index in [-0.39, 0.29) is 0 Å². The van der Waals surface area contributed by atoms with Gasteiger partial charge in [-0.2, -0.15) is 10.2 Å². The van der Waals surface area contributed by atoms with E-state index in [2.05, 4.69) is 11.1 Å². The van der Waals surface area contributed by atoms with Crippen LogP contribution in [0, 0.1) is 11.3 Å². The van der Waals surface area contributed by atoms with Gasteiger partial charge in [-0.3, -0.25) is 4.90 Å². The first-order chi connectivity index (χ1) is 9.88. The second kappa shape index (κ2) is 5.45. The van der Waals surface area contributed by atoms with Crippen LogP contribution in [0.2, 0.25) is 0 Å². The van der Waals surface area contributed by atoms with E-state index in [4.69, 9.17) is 9.68 Å². The van der Waals surface area contributed by atoms with E-state index >= 15 is 0 Å². The fraction of sp³-hybridized carbons (Fsp3) is 0.125. The van der Waals surface area contributed by atoms with Gasteiger partial charge in [0.2, 0.25) is 0 Å². The Morgan fingerprint density at radius 2 is 1.80 bits per heavy atom. The number of anilines is 2. The average molecular weight is 263 g/mol. The molecule has 98 valence electrons. The Morgan fingerprint density at radius 3 is 2.55 bits per heavy atom. The van der Waals surface area contributed by atoms with Crippen LogP contribution in [0.25, 0.3) is 11.1 Å². The molecule has 0 radical (unpaired) electrons. The number of aromatic nitrogens is 1. The summed E-state index contributed by atoms with van der Waals surface area (Å²) < 4.78 is 5.79. The van der Waals surface area contributed by atoms with Gasteiger partial charge in [0.25, 0.3) is 0 Å². The maximum absolute atomic E-state index is 8.82. The molecule has 4 nitrogen and oxygen atoms in total. The third-order valence-electron chi connectivity index (χ3n) is 3.03. The highest BCUT2D eigenvalue weighted by Gasteiger charge is 2.15. The number of benzene rings is 2. The highest BCUT2D eigenvalue weighted by atomic mass is 16.4. The first-order valence-corrected chi connectivity index (χ1v) is 6.43. The molecule has 20 heavy (non-hydrogen) atoms. The first kappa shape index (κ1) is 12.2. The van der Waals surface area contributed by atoms with E-state index in [0.717, 1.165) is 16.8 Å². The van der Waals surface area contributed by atoms with E-state index in [1.165, 1.54) is 0 Å². The van der Waals surface area contributed by atoms with Crippen molar-refractivity contribution >= 4 is 22.8 Å². The SMILES string of the molecule is N#CCCN(c1ccccc1)c1nc2ccccc2o1. The highest BCUT2D eigenvalue weighted by molar-refractivity contribution is 5.75. The largest absolute Gasteiger partial charge is 0.423 e. The molecule has 0 saturated heterocycles. The Morgan fingerprint density at radius 1 is 1.05 bits per heavy atom. The van der Waals surface area contributed by atoms with Crippen molar-refractivity contribution in [2.75, 3.05) is 11.4 Å². The van der Waals surface area contributed by atoms with Crippen LogP contribution in [0.3, 0.4) is 0 Å². The number of para-hydroxylation sites is 3. The summed E-state index contributed by atoms with van der Waals surface area (Å²) >= 11 is 0. The first-order valence-electron chi connectivity index (χ1n) is 6.43. The van der Waals surface area contributed by atoms with Gasteiger partial charge in [-0.25, -0.2) is 0 Å². The maximum atomic E-state index is 8.82. The van der Waals surface area contributed by atoms with Crippen LogP contribution in [-0.4, -0.2) is 11.5 Å². The summed E-state index contributed by atoms with van der Waals surface area (Å²) in [5.41, 5.74) is 2.54. The molecule has 0 aliphatic rings. The standard InChI is InChI=1S/C16H13N3O/c17-11-6-12-19(13-7-2-1-3-8-13)16-18-14-9-4-5-10-15(14)20-16/h1-5,7-10H,6,12H2. The van der Waals surface area contributed by atoms with Gasteiger partial charge in [0.15, 0.2) is 5.58 Å². The van der Waals surface area contributed by atoms with Crippen molar-refractivity contribution in [3.05, 3.63) is 54.6 Å². The number of fused-ring (bicyclic) bond motifs is 1. The summed E-state index contributed by atoms with van der Waals surface area (Å²) in [6, 6.07) is 20.2. The zero-order chi connectivity index (χ0) is 13.8. The molecule has 3 rings (SSSR count). The molecule has 0 bridgehead atoms. The quantitative estimate of drug-likeness (QED) is 0.716. The molecule has 3 aromatic rings. The lowest BCUT2D eigenvalue weighted by atomic mass is 10.3. The van der Waals surface area contributed by atoms with Gasteiger partial charge >= 0.3 is 6.01 Å². The van der Waals surface area contributed by atoms with Gasteiger partial charge < -0.3 is 4.42 Å². The lowest BCUT2D eigenvalue weighted by molar-refractivity contribution is 0.593. The third kappa shape index (κ3) is 2.34. The summed E-state index contributed by atoms with van der Waals surface area (Å²) in [6.45, 7) is 0.549. The number of nitrogens with zero attached hydrogens (tertiary/aromatic N) is 3. The molecule has 0 saturated carbocycles. The number of hydrogen-bond donors (Lipinski definition) is 0. The Hall–Kier alpha value is -2.80. The fourth-order valence-electron chi connectivity index (χ4n) is 2.08. The van der Waals surface area contributed by atoms with E-state index < -0.39 is 0 Å². The monoisotopic (exact) mass is 263 g/mol. The smallest absolute Gasteiger partial charge is 0.303 e. The third-order valence-corrected chi connectivity index (χ3v) is 3.03. The highest BCUT2D eigenvalue weighted by Crippen LogP contribution is 2.28. The van der Waals surface area contributed by atoms with E-state index in [1.807, 2.05) is 59.5 Å². The molecule has 0 spiro atoms. The second-order valence-corrected chi connectivity index (χ2v) is 4.36. The van der Waals surface area contributed by atoms with Crippen molar-refractivity contribution in [2.24, 2.45) is 0 Å². The molecule has 2 aromatic carbocycles. The Bertz CT molecular complexity index is 710. The topological polar surface area (TPSA) is 53.1 Å². The minimum absolute atomic E-state index is 0.410. The van der Waals surface area contributed by atoms with Crippen molar-refractivity contribution in [1.29, 1.82) is 5.26 Å². The Labute approximate surface area is 116 Å². The fourth-order valence-corrected chi connectivity index (χ4v) is 2.08. The molecular formula is C16H13N3O. The predicted molar refractivity (Wildman–Crippen MR) is 77.7 cm³/mol. The zero-order valence-corrected chi connectivity index (χ0v) is 10.9. The van der Waals surface area contributed by atoms with Crippen molar-refractivity contribution in [3.8, 4) is 6.07 Å². The van der Waals surface area contributed by atoms with Gasteiger partial charge in [0.1, 0.15) is 5.52 Å². The van der Waals surface area contributed by atoms with Crippen LogP contribution in [0.4, 0.5) is 11.7 Å². The molecule has 1 aromatic heterocycles. The summed E-state index contributed by atoms with van der Waals surface area (Å²) in [6.07, 6.45) is 0.410. The Balaban J connectivity index is 2.02. The normalized spacial score (nSPS) is 10.3. The van der Waals surface area contributed by atoms with Crippen LogP contribution >= 0.6 is 0 Å². The van der Waals surface area contributed by atoms with E-state index in [9.17, 15) is 0 Å².